The Labute approximate surface area is 203 Å². The van der Waals surface area contributed by atoms with Gasteiger partial charge in [-0.2, -0.15) is 0 Å². The highest BCUT2D eigenvalue weighted by atomic mass is 79.9. The molecule has 3 aromatic rings. The Morgan fingerprint density at radius 2 is 1.84 bits per heavy atom. The highest BCUT2D eigenvalue weighted by molar-refractivity contribution is 9.10. The van der Waals surface area contributed by atoms with Crippen LogP contribution in [0.1, 0.15) is 28.4 Å². The van der Waals surface area contributed by atoms with E-state index in [4.69, 9.17) is 32.7 Å². The van der Waals surface area contributed by atoms with Gasteiger partial charge >= 0.3 is 5.97 Å². The SMILES string of the molecule is CCOc1cc(CNc2cc(C(=O)O)ccc2Cl)c(Br)cc1OCc1c(F)cccc1Cl. The van der Waals surface area contributed by atoms with Crippen molar-refractivity contribution in [3.05, 3.63) is 85.6 Å². The molecule has 0 saturated heterocycles. The average Bonchev–Trinajstić information content (AvgIpc) is 2.75. The smallest absolute Gasteiger partial charge is 0.335 e. The van der Waals surface area contributed by atoms with Gasteiger partial charge in [0.25, 0.3) is 0 Å². The van der Waals surface area contributed by atoms with E-state index in [-0.39, 0.29) is 22.8 Å². The van der Waals surface area contributed by atoms with Crippen LogP contribution in [0.4, 0.5) is 10.1 Å². The molecule has 32 heavy (non-hydrogen) atoms. The number of carboxylic acid groups (broad SMARTS) is 1. The lowest BCUT2D eigenvalue weighted by Crippen LogP contribution is -2.06. The van der Waals surface area contributed by atoms with Crippen molar-refractivity contribution >= 4 is 50.8 Å². The van der Waals surface area contributed by atoms with Crippen LogP contribution in [-0.2, 0) is 13.2 Å². The molecule has 0 aromatic heterocycles. The van der Waals surface area contributed by atoms with Crippen molar-refractivity contribution in [2.75, 3.05) is 11.9 Å². The predicted molar refractivity (Wildman–Crippen MR) is 127 cm³/mol. The molecule has 0 radical (unpaired) electrons. The van der Waals surface area contributed by atoms with Gasteiger partial charge in [0.2, 0.25) is 0 Å². The molecule has 0 aliphatic carbocycles. The van der Waals surface area contributed by atoms with Crippen LogP contribution >= 0.6 is 39.1 Å². The maximum Gasteiger partial charge on any atom is 0.335 e. The average molecular weight is 543 g/mol. The zero-order chi connectivity index (χ0) is 23.3. The molecule has 2 N–H and O–H groups in total. The standard InChI is InChI=1S/C23H19BrCl2FNO4/c1-2-31-21-9-14(11-28-20-8-13(23(29)30)6-7-18(20)26)16(24)10-22(21)32-12-15-17(25)4-3-5-19(15)27/h3-10,28H,2,11-12H2,1H3,(H,29,30). The molecule has 0 amide bonds. The van der Waals surface area contributed by atoms with Crippen LogP contribution in [0.25, 0.3) is 0 Å². The second kappa shape index (κ2) is 10.9. The third kappa shape index (κ3) is 5.85. The second-order valence-corrected chi connectivity index (χ2v) is 8.33. The number of halogens is 4. The quantitative estimate of drug-likeness (QED) is 0.299. The van der Waals surface area contributed by atoms with Gasteiger partial charge in [0.1, 0.15) is 12.4 Å². The van der Waals surface area contributed by atoms with E-state index in [0.29, 0.717) is 39.8 Å². The zero-order valence-corrected chi connectivity index (χ0v) is 20.0. The summed E-state index contributed by atoms with van der Waals surface area (Å²) in [5.74, 6) is -0.588. The first-order valence-electron chi connectivity index (χ1n) is 9.57. The number of ether oxygens (including phenoxy) is 2. The molecule has 0 heterocycles. The fourth-order valence-electron chi connectivity index (χ4n) is 2.90. The Balaban J connectivity index is 1.81. The van der Waals surface area contributed by atoms with Crippen LogP contribution < -0.4 is 14.8 Å². The number of rotatable bonds is 9. The summed E-state index contributed by atoms with van der Waals surface area (Å²) < 4.78 is 26.3. The molecule has 0 aliphatic heterocycles. The maximum atomic E-state index is 14.1. The summed E-state index contributed by atoms with van der Waals surface area (Å²) in [6, 6.07) is 12.4. The van der Waals surface area contributed by atoms with Crippen molar-refractivity contribution in [3.63, 3.8) is 0 Å². The second-order valence-electron chi connectivity index (χ2n) is 6.67. The predicted octanol–water partition coefficient (Wildman–Crippen LogP) is 7.18. The summed E-state index contributed by atoms with van der Waals surface area (Å²) in [7, 11) is 0. The van der Waals surface area contributed by atoms with Crippen molar-refractivity contribution in [3.8, 4) is 11.5 Å². The number of anilines is 1. The molecule has 0 atom stereocenters. The molecule has 0 spiro atoms. The van der Waals surface area contributed by atoms with Crippen LogP contribution in [0, 0.1) is 5.82 Å². The van der Waals surface area contributed by atoms with E-state index in [1.807, 2.05) is 6.92 Å². The monoisotopic (exact) mass is 541 g/mol. The summed E-state index contributed by atoms with van der Waals surface area (Å²) in [6.07, 6.45) is 0. The molecule has 3 rings (SSSR count). The molecule has 0 aliphatic rings. The largest absolute Gasteiger partial charge is 0.490 e. The number of carboxylic acids is 1. The Kier molecular flexibility index (Phi) is 8.23. The van der Waals surface area contributed by atoms with Gasteiger partial charge in [-0.15, -0.1) is 0 Å². The topological polar surface area (TPSA) is 67.8 Å². The number of hydrogen-bond acceptors (Lipinski definition) is 4. The van der Waals surface area contributed by atoms with Gasteiger partial charge in [-0.25, -0.2) is 9.18 Å². The lowest BCUT2D eigenvalue weighted by atomic mass is 10.1. The first-order chi connectivity index (χ1) is 15.3. The minimum absolute atomic E-state index is 0.0623. The zero-order valence-electron chi connectivity index (χ0n) is 16.9. The van der Waals surface area contributed by atoms with Crippen molar-refractivity contribution in [1.29, 1.82) is 0 Å². The van der Waals surface area contributed by atoms with Gasteiger partial charge in [0.05, 0.1) is 27.9 Å². The van der Waals surface area contributed by atoms with E-state index in [2.05, 4.69) is 21.2 Å². The van der Waals surface area contributed by atoms with Crippen molar-refractivity contribution < 1.29 is 23.8 Å². The van der Waals surface area contributed by atoms with Crippen molar-refractivity contribution in [1.82, 2.24) is 0 Å². The van der Waals surface area contributed by atoms with E-state index < -0.39 is 11.8 Å². The van der Waals surface area contributed by atoms with Gasteiger partial charge in [-0.1, -0.05) is 45.2 Å². The van der Waals surface area contributed by atoms with Gasteiger partial charge in [-0.05, 0) is 55.0 Å². The Hall–Kier alpha value is -2.48. The molecule has 9 heteroatoms. The summed E-state index contributed by atoms with van der Waals surface area (Å²) in [5, 5.41) is 13.0. The van der Waals surface area contributed by atoms with E-state index in [9.17, 15) is 14.3 Å². The molecule has 5 nitrogen and oxygen atoms in total. The molecule has 0 fully saturated rings. The molecular formula is C23H19BrCl2FNO4. The van der Waals surface area contributed by atoms with Gasteiger partial charge in [-0.3, -0.25) is 0 Å². The van der Waals surface area contributed by atoms with Gasteiger partial charge in [0.15, 0.2) is 11.5 Å². The highest BCUT2D eigenvalue weighted by Gasteiger charge is 2.15. The number of carbonyl (C=O) groups is 1. The Morgan fingerprint density at radius 3 is 2.53 bits per heavy atom. The van der Waals surface area contributed by atoms with E-state index >= 15 is 0 Å². The molecule has 0 unspecified atom stereocenters. The summed E-state index contributed by atoms with van der Waals surface area (Å²) in [6.45, 7) is 2.52. The number of hydrogen-bond donors (Lipinski definition) is 2. The number of aromatic carboxylic acids is 1. The first-order valence-corrected chi connectivity index (χ1v) is 11.1. The fraction of sp³-hybridized carbons (Fsp3) is 0.174. The van der Waals surface area contributed by atoms with E-state index in [1.54, 1.807) is 18.2 Å². The van der Waals surface area contributed by atoms with Crippen LogP contribution in [0.3, 0.4) is 0 Å². The normalized spacial score (nSPS) is 10.7. The minimum atomic E-state index is -1.04. The Morgan fingerprint density at radius 1 is 1.09 bits per heavy atom. The molecule has 3 aromatic carbocycles. The highest BCUT2D eigenvalue weighted by Crippen LogP contribution is 2.36. The summed E-state index contributed by atoms with van der Waals surface area (Å²) >= 11 is 15.8. The third-order valence-electron chi connectivity index (χ3n) is 4.53. The summed E-state index contributed by atoms with van der Waals surface area (Å²) in [4.78, 5) is 11.2. The fourth-order valence-corrected chi connectivity index (χ4v) is 3.76. The van der Waals surface area contributed by atoms with Crippen LogP contribution in [-0.4, -0.2) is 17.7 Å². The van der Waals surface area contributed by atoms with Gasteiger partial charge < -0.3 is 19.9 Å². The van der Waals surface area contributed by atoms with Crippen LogP contribution in [0.5, 0.6) is 11.5 Å². The minimum Gasteiger partial charge on any atom is -0.490 e. The number of benzene rings is 3. The van der Waals surface area contributed by atoms with Crippen molar-refractivity contribution in [2.24, 2.45) is 0 Å². The van der Waals surface area contributed by atoms with Crippen molar-refractivity contribution in [2.45, 2.75) is 20.1 Å². The molecule has 168 valence electrons. The molecule has 0 bridgehead atoms. The molecule has 0 saturated carbocycles. The summed E-state index contributed by atoms with van der Waals surface area (Å²) in [5.41, 5.74) is 1.69. The lowest BCUT2D eigenvalue weighted by Gasteiger charge is -2.17. The molecular weight excluding hydrogens is 524 g/mol. The van der Waals surface area contributed by atoms with Crippen LogP contribution in [0.15, 0.2) is 53.0 Å². The third-order valence-corrected chi connectivity index (χ3v) is 5.95. The Bertz CT molecular complexity index is 1120. The van der Waals surface area contributed by atoms with E-state index in [0.717, 1.165) is 5.56 Å². The maximum absolute atomic E-state index is 14.1. The van der Waals surface area contributed by atoms with Gasteiger partial charge in [0, 0.05) is 16.6 Å². The van der Waals surface area contributed by atoms with Crippen LogP contribution in [0.2, 0.25) is 10.0 Å². The lowest BCUT2D eigenvalue weighted by molar-refractivity contribution is 0.0697. The first kappa shape index (κ1) is 24.2. The number of nitrogens with one attached hydrogen (secondary N) is 1. The van der Waals surface area contributed by atoms with E-state index in [1.165, 1.54) is 30.3 Å².